The van der Waals surface area contributed by atoms with Gasteiger partial charge in [0.05, 0.1) is 6.04 Å². The molecule has 0 saturated heterocycles. The molecule has 0 radical (unpaired) electrons. The lowest BCUT2D eigenvalue weighted by Crippen LogP contribution is -2.16. The van der Waals surface area contributed by atoms with Gasteiger partial charge in [-0.25, -0.2) is 0 Å². The summed E-state index contributed by atoms with van der Waals surface area (Å²) in [5.74, 6) is 0.249. The highest BCUT2D eigenvalue weighted by atomic mass is 32.1. The highest BCUT2D eigenvalue weighted by Gasteiger charge is 2.14. The summed E-state index contributed by atoms with van der Waals surface area (Å²) in [6.07, 6.45) is 0.568. The summed E-state index contributed by atoms with van der Waals surface area (Å²) in [7, 11) is 0. The fraction of sp³-hybridized carbons (Fsp3) is 0.167. The van der Waals surface area contributed by atoms with Crippen LogP contribution in [0.4, 0.5) is 11.5 Å². The van der Waals surface area contributed by atoms with Gasteiger partial charge in [0.25, 0.3) is 5.91 Å². The first-order valence-corrected chi connectivity index (χ1v) is 8.75. The van der Waals surface area contributed by atoms with Crippen LogP contribution in [0.2, 0.25) is 0 Å². The van der Waals surface area contributed by atoms with Crippen molar-refractivity contribution in [1.29, 1.82) is 0 Å². The summed E-state index contributed by atoms with van der Waals surface area (Å²) in [6.45, 7) is 0.0700. The van der Waals surface area contributed by atoms with Gasteiger partial charge in [0.2, 0.25) is 0 Å². The van der Waals surface area contributed by atoms with Crippen molar-refractivity contribution in [2.45, 2.75) is 12.5 Å². The van der Waals surface area contributed by atoms with Crippen LogP contribution >= 0.6 is 11.3 Å². The average Bonchev–Trinajstić information content (AvgIpc) is 3.17. The van der Waals surface area contributed by atoms with Gasteiger partial charge in [-0.2, -0.15) is 0 Å². The Bertz CT molecular complexity index is 792. The molecule has 3 rings (SSSR count). The van der Waals surface area contributed by atoms with Crippen LogP contribution in [0, 0.1) is 0 Å². The van der Waals surface area contributed by atoms with Gasteiger partial charge in [-0.1, -0.05) is 24.3 Å². The number of rotatable bonds is 7. The van der Waals surface area contributed by atoms with E-state index in [1.807, 2.05) is 47.8 Å². The van der Waals surface area contributed by atoms with Gasteiger partial charge in [0, 0.05) is 17.2 Å². The second-order valence-corrected chi connectivity index (χ2v) is 6.33. The second-order valence-electron chi connectivity index (χ2n) is 5.35. The van der Waals surface area contributed by atoms with Crippen molar-refractivity contribution < 1.29 is 9.90 Å². The van der Waals surface area contributed by atoms with Gasteiger partial charge in [-0.3, -0.25) is 4.79 Å². The van der Waals surface area contributed by atoms with E-state index in [0.29, 0.717) is 17.9 Å². The first-order valence-electron chi connectivity index (χ1n) is 7.87. The Hall–Kier alpha value is -2.77. The number of para-hydroxylation sites is 1. The Labute approximate surface area is 149 Å². The summed E-state index contributed by atoms with van der Waals surface area (Å²) in [6, 6.07) is 16.5. The van der Waals surface area contributed by atoms with Crippen LogP contribution in [0.5, 0.6) is 0 Å². The second kappa shape index (κ2) is 8.36. The van der Waals surface area contributed by atoms with Gasteiger partial charge < -0.3 is 15.7 Å². The zero-order valence-corrected chi connectivity index (χ0v) is 14.2. The minimum absolute atomic E-state index is 0.0386. The van der Waals surface area contributed by atoms with Crippen LogP contribution in [-0.2, 0) is 0 Å². The molecule has 0 bridgehead atoms. The number of carbonyl (C=O) groups is 1. The van der Waals surface area contributed by atoms with E-state index in [1.54, 1.807) is 23.5 Å². The normalized spacial score (nSPS) is 11.7. The number of carbonyl (C=O) groups excluding carboxylic acids is 1. The molecule has 0 aliphatic carbocycles. The Morgan fingerprint density at radius 1 is 1.08 bits per heavy atom. The number of nitrogens with one attached hydrogen (secondary N) is 2. The topological polar surface area (TPSA) is 87.1 Å². The molecule has 1 unspecified atom stereocenters. The van der Waals surface area contributed by atoms with Gasteiger partial charge in [-0.15, -0.1) is 21.5 Å². The van der Waals surface area contributed by atoms with Crippen LogP contribution in [0.15, 0.2) is 60.0 Å². The summed E-state index contributed by atoms with van der Waals surface area (Å²) < 4.78 is 0. The Kier molecular flexibility index (Phi) is 5.71. The molecule has 2 heterocycles. The number of amides is 1. The molecule has 3 aromatic rings. The van der Waals surface area contributed by atoms with Crippen molar-refractivity contribution in [3.63, 3.8) is 0 Å². The standard InChI is InChI=1S/C18H18N4O2S/c23-11-10-14(16-7-4-12-25-16)20-17-9-8-15(21-22-17)18(24)19-13-5-2-1-3-6-13/h1-9,12,14,23H,10-11H2,(H,19,24)(H,20,22). The van der Waals surface area contributed by atoms with E-state index >= 15 is 0 Å². The molecule has 1 aromatic carbocycles. The number of nitrogens with zero attached hydrogens (tertiary/aromatic N) is 2. The van der Waals surface area contributed by atoms with E-state index < -0.39 is 0 Å². The lowest BCUT2D eigenvalue weighted by molar-refractivity contribution is 0.102. The number of thiophene rings is 1. The fourth-order valence-corrected chi connectivity index (χ4v) is 3.14. The molecular formula is C18H18N4O2S. The smallest absolute Gasteiger partial charge is 0.276 e. The Morgan fingerprint density at radius 2 is 1.92 bits per heavy atom. The largest absolute Gasteiger partial charge is 0.396 e. The van der Waals surface area contributed by atoms with Gasteiger partial charge in [-0.05, 0) is 42.1 Å². The molecule has 1 atom stereocenters. The predicted molar refractivity (Wildman–Crippen MR) is 98.8 cm³/mol. The van der Waals surface area contributed by atoms with E-state index in [9.17, 15) is 9.90 Å². The number of benzene rings is 1. The molecular weight excluding hydrogens is 336 g/mol. The van der Waals surface area contributed by atoms with Gasteiger partial charge in [0.1, 0.15) is 5.82 Å². The van der Waals surface area contributed by atoms with E-state index in [-0.39, 0.29) is 24.2 Å². The molecule has 0 fully saturated rings. The SMILES string of the molecule is O=C(Nc1ccccc1)c1ccc(NC(CCO)c2cccs2)nn1. The highest BCUT2D eigenvalue weighted by Crippen LogP contribution is 2.25. The zero-order chi connectivity index (χ0) is 17.5. The van der Waals surface area contributed by atoms with Gasteiger partial charge >= 0.3 is 0 Å². The molecule has 6 nitrogen and oxygen atoms in total. The van der Waals surface area contributed by atoms with Gasteiger partial charge in [0.15, 0.2) is 5.69 Å². The van der Waals surface area contributed by atoms with E-state index in [1.165, 1.54) is 0 Å². The zero-order valence-electron chi connectivity index (χ0n) is 13.4. The van der Waals surface area contributed by atoms with E-state index in [2.05, 4.69) is 20.8 Å². The van der Waals surface area contributed by atoms with Crippen molar-refractivity contribution in [3.8, 4) is 0 Å². The molecule has 128 valence electrons. The summed E-state index contributed by atoms with van der Waals surface area (Å²) in [5.41, 5.74) is 0.946. The van der Waals surface area contributed by atoms with Crippen LogP contribution in [0.25, 0.3) is 0 Å². The molecule has 0 aliphatic rings. The number of hydrogen-bond acceptors (Lipinski definition) is 6. The molecule has 0 spiro atoms. The molecule has 25 heavy (non-hydrogen) atoms. The molecule has 2 aromatic heterocycles. The number of aliphatic hydroxyl groups is 1. The molecule has 0 aliphatic heterocycles. The third kappa shape index (κ3) is 4.62. The lowest BCUT2D eigenvalue weighted by Gasteiger charge is -2.16. The van der Waals surface area contributed by atoms with Crippen LogP contribution in [0.1, 0.15) is 27.8 Å². The first kappa shape index (κ1) is 17.1. The van der Waals surface area contributed by atoms with Crippen molar-refractivity contribution in [1.82, 2.24) is 10.2 Å². The maximum Gasteiger partial charge on any atom is 0.276 e. The molecule has 3 N–H and O–H groups in total. The van der Waals surface area contributed by atoms with Crippen molar-refractivity contribution in [2.24, 2.45) is 0 Å². The van der Waals surface area contributed by atoms with Crippen LogP contribution < -0.4 is 10.6 Å². The summed E-state index contributed by atoms with van der Waals surface area (Å²) in [5, 5.41) is 25.3. The maximum absolute atomic E-state index is 12.2. The number of aliphatic hydroxyl groups excluding tert-OH is 1. The minimum Gasteiger partial charge on any atom is -0.396 e. The Balaban J connectivity index is 1.66. The molecule has 0 saturated carbocycles. The lowest BCUT2D eigenvalue weighted by atomic mass is 10.2. The average molecular weight is 354 g/mol. The number of aromatic nitrogens is 2. The fourth-order valence-electron chi connectivity index (χ4n) is 2.33. The first-order chi connectivity index (χ1) is 12.3. The predicted octanol–water partition coefficient (Wildman–Crippen LogP) is 3.33. The molecule has 7 heteroatoms. The highest BCUT2D eigenvalue weighted by molar-refractivity contribution is 7.10. The summed E-state index contributed by atoms with van der Waals surface area (Å²) in [4.78, 5) is 13.3. The quantitative estimate of drug-likeness (QED) is 0.606. The van der Waals surface area contributed by atoms with Crippen LogP contribution in [-0.4, -0.2) is 27.8 Å². The molecule has 1 amide bonds. The van der Waals surface area contributed by atoms with E-state index in [0.717, 1.165) is 4.88 Å². The third-order valence-electron chi connectivity index (χ3n) is 3.56. The maximum atomic E-state index is 12.2. The minimum atomic E-state index is -0.310. The van der Waals surface area contributed by atoms with E-state index in [4.69, 9.17) is 0 Å². The van der Waals surface area contributed by atoms with Crippen molar-refractivity contribution >= 4 is 28.7 Å². The number of anilines is 2. The van der Waals surface area contributed by atoms with Crippen LogP contribution in [0.3, 0.4) is 0 Å². The Morgan fingerprint density at radius 3 is 2.56 bits per heavy atom. The number of hydrogen-bond donors (Lipinski definition) is 3. The summed E-state index contributed by atoms with van der Waals surface area (Å²) >= 11 is 1.61. The monoisotopic (exact) mass is 354 g/mol. The van der Waals surface area contributed by atoms with Crippen molar-refractivity contribution in [2.75, 3.05) is 17.2 Å². The van der Waals surface area contributed by atoms with Crippen molar-refractivity contribution in [3.05, 3.63) is 70.5 Å². The third-order valence-corrected chi connectivity index (χ3v) is 4.54.